The maximum Gasteiger partial charge on any atom is 0.251 e. The summed E-state index contributed by atoms with van der Waals surface area (Å²) in [4.78, 5) is 0. The van der Waals surface area contributed by atoms with Gasteiger partial charge in [-0.05, 0) is 57.2 Å². The predicted molar refractivity (Wildman–Crippen MR) is 167 cm³/mol. The van der Waals surface area contributed by atoms with Gasteiger partial charge in [-0.2, -0.15) is 0 Å². The zero-order chi connectivity index (χ0) is 26.5. The van der Waals surface area contributed by atoms with Gasteiger partial charge >= 0.3 is 0 Å². The van der Waals surface area contributed by atoms with Crippen molar-refractivity contribution in [2.24, 2.45) is 0 Å². The maximum absolute atomic E-state index is 6.36. The highest BCUT2D eigenvalue weighted by Crippen LogP contribution is 2.28. The van der Waals surface area contributed by atoms with Gasteiger partial charge in [-0.25, -0.2) is 0 Å². The second-order valence-corrected chi connectivity index (χ2v) is 10.4. The molecule has 0 saturated carbocycles. The van der Waals surface area contributed by atoms with Crippen LogP contribution in [0.5, 0.6) is 23.0 Å². The lowest BCUT2D eigenvalue weighted by Crippen LogP contribution is -2.57. The summed E-state index contributed by atoms with van der Waals surface area (Å²) in [7, 11) is 0. The molecule has 0 aliphatic carbocycles. The Morgan fingerprint density at radius 2 is 0.525 bits per heavy atom. The minimum absolute atomic E-state index is 0.0552. The van der Waals surface area contributed by atoms with Crippen molar-refractivity contribution in [2.45, 2.75) is 0 Å². The molecule has 0 saturated heterocycles. The normalized spacial score (nSPS) is 12.8. The number of rotatable bonds is 3. The molecule has 0 N–H and O–H groups in total. The summed E-state index contributed by atoms with van der Waals surface area (Å²) in [6.45, 7) is 0.110. The van der Waals surface area contributed by atoms with Crippen LogP contribution in [0.25, 0.3) is 11.1 Å². The molecule has 0 fully saturated rings. The van der Waals surface area contributed by atoms with Gasteiger partial charge in [-0.1, -0.05) is 132 Å². The van der Waals surface area contributed by atoms with Crippen molar-refractivity contribution in [3.05, 3.63) is 146 Å². The van der Waals surface area contributed by atoms with Gasteiger partial charge in [0.2, 0.25) is 0 Å². The van der Waals surface area contributed by atoms with Crippen LogP contribution >= 0.6 is 0 Å². The van der Waals surface area contributed by atoms with E-state index < -0.39 is 0 Å². The number of fused-ring (bicyclic) bond motifs is 4. The molecule has 2 aliphatic heterocycles. The van der Waals surface area contributed by atoms with E-state index in [0.717, 1.165) is 23.0 Å². The number of hydrogen-bond acceptors (Lipinski definition) is 2. The van der Waals surface area contributed by atoms with Crippen LogP contribution in [0, 0.1) is 0 Å². The number of ether oxygens (including phenoxy) is 2. The molecule has 0 spiro atoms. The van der Waals surface area contributed by atoms with Crippen molar-refractivity contribution in [1.29, 1.82) is 0 Å². The first-order valence-corrected chi connectivity index (χ1v) is 13.8. The fourth-order valence-corrected chi connectivity index (χ4v) is 6.48. The molecule has 0 aromatic heterocycles. The van der Waals surface area contributed by atoms with Crippen LogP contribution in [-0.2, 0) is 0 Å². The summed E-state index contributed by atoms with van der Waals surface area (Å²) in [5.74, 6) is 3.67. The molecule has 2 heterocycles. The Bertz CT molecular complexity index is 1670. The molecule has 40 heavy (non-hydrogen) atoms. The van der Waals surface area contributed by atoms with Gasteiger partial charge in [0.15, 0.2) is 0 Å². The van der Waals surface area contributed by atoms with Crippen LogP contribution in [0.4, 0.5) is 0 Å². The smallest absolute Gasteiger partial charge is 0.251 e. The van der Waals surface area contributed by atoms with Crippen molar-refractivity contribution >= 4 is 46.2 Å². The first kappa shape index (κ1) is 23.0. The lowest BCUT2D eigenvalue weighted by molar-refractivity contribution is 0.487. The van der Waals surface area contributed by atoms with Crippen molar-refractivity contribution in [3.63, 3.8) is 0 Å². The minimum Gasteiger partial charge on any atom is -0.458 e. The predicted octanol–water partition coefficient (Wildman–Crippen LogP) is 4.60. The Hall–Kier alpha value is -4.95. The highest BCUT2D eigenvalue weighted by molar-refractivity contribution is 6.99. The third-order valence-electron chi connectivity index (χ3n) is 8.19. The molecule has 4 heteroatoms. The molecule has 0 atom stereocenters. The van der Waals surface area contributed by atoms with Crippen molar-refractivity contribution in [1.82, 2.24) is 0 Å². The molecule has 6 aromatic carbocycles. The maximum atomic E-state index is 6.36. The largest absolute Gasteiger partial charge is 0.458 e. The fraction of sp³-hybridized carbons (Fsp3) is 0. The zero-order valence-electron chi connectivity index (χ0n) is 21.8. The van der Waals surface area contributed by atoms with E-state index in [1.54, 1.807) is 0 Å². The molecule has 6 aromatic rings. The molecular weight excluding hydrogens is 486 g/mol. The second kappa shape index (κ2) is 9.36. The van der Waals surface area contributed by atoms with Crippen LogP contribution in [-0.4, -0.2) is 13.4 Å². The van der Waals surface area contributed by atoms with Crippen LogP contribution in [0.15, 0.2) is 146 Å². The standard InChI is InChI=1S/C36H24B2O2/c1-3-15-27(37-29-17-5-9-21-33(29)39-34-22-10-6-18-30(34)37)25(13-1)26-14-2-4-16-28(26)38-31-19-7-11-23-35(31)40-36-24-12-8-20-32(36)38/h1-24H. The van der Waals surface area contributed by atoms with Gasteiger partial charge in [0, 0.05) is 0 Å². The van der Waals surface area contributed by atoms with E-state index in [1.807, 2.05) is 24.3 Å². The summed E-state index contributed by atoms with van der Waals surface area (Å²) in [5, 5.41) is 0. The Balaban J connectivity index is 1.37. The highest BCUT2D eigenvalue weighted by Gasteiger charge is 2.36. The average Bonchev–Trinajstić information content (AvgIpc) is 3.02. The van der Waals surface area contributed by atoms with E-state index >= 15 is 0 Å². The molecule has 2 nitrogen and oxygen atoms in total. The second-order valence-electron chi connectivity index (χ2n) is 10.4. The highest BCUT2D eigenvalue weighted by atomic mass is 16.5. The molecule has 8 rings (SSSR count). The molecule has 0 radical (unpaired) electrons. The van der Waals surface area contributed by atoms with E-state index in [4.69, 9.17) is 9.47 Å². The number of hydrogen-bond donors (Lipinski definition) is 0. The van der Waals surface area contributed by atoms with Crippen LogP contribution in [0.3, 0.4) is 0 Å². The topological polar surface area (TPSA) is 18.5 Å². The van der Waals surface area contributed by atoms with Crippen LogP contribution in [0.1, 0.15) is 0 Å². The Morgan fingerprint density at radius 1 is 0.275 bits per heavy atom. The molecule has 0 amide bonds. The van der Waals surface area contributed by atoms with Crippen molar-refractivity contribution < 1.29 is 9.47 Å². The lowest BCUT2D eigenvalue weighted by atomic mass is 9.33. The number of benzene rings is 6. The third kappa shape index (κ3) is 3.60. The van der Waals surface area contributed by atoms with E-state index in [0.29, 0.717) is 0 Å². The number of para-hydroxylation sites is 4. The van der Waals surface area contributed by atoms with E-state index in [2.05, 4.69) is 121 Å². The summed E-state index contributed by atoms with van der Waals surface area (Å²) in [6.07, 6.45) is 0. The molecule has 0 unspecified atom stereocenters. The van der Waals surface area contributed by atoms with Gasteiger partial charge in [0.25, 0.3) is 13.4 Å². The quantitative estimate of drug-likeness (QED) is 0.324. The average molecular weight is 510 g/mol. The summed E-state index contributed by atoms with van der Waals surface area (Å²) < 4.78 is 12.7. The SMILES string of the molecule is c1ccc2c(c1)Oc1ccccc1B2c1ccccc1-c1ccccc1B1c2ccccc2Oc2ccccc21. The van der Waals surface area contributed by atoms with Gasteiger partial charge in [-0.3, -0.25) is 0 Å². The molecule has 2 aliphatic rings. The van der Waals surface area contributed by atoms with E-state index in [9.17, 15) is 0 Å². The first-order chi connectivity index (χ1) is 19.9. The molecular formula is C36H24B2O2. The van der Waals surface area contributed by atoms with Gasteiger partial charge in [-0.15, -0.1) is 0 Å². The molecule has 0 bridgehead atoms. The van der Waals surface area contributed by atoms with Crippen LogP contribution < -0.4 is 42.3 Å². The monoisotopic (exact) mass is 510 g/mol. The zero-order valence-corrected chi connectivity index (χ0v) is 21.8. The lowest BCUT2D eigenvalue weighted by Gasteiger charge is -2.30. The summed E-state index contributed by atoms with van der Waals surface area (Å²) in [5.41, 5.74) is 9.76. The minimum atomic E-state index is 0.0552. The van der Waals surface area contributed by atoms with Gasteiger partial charge < -0.3 is 9.47 Å². The van der Waals surface area contributed by atoms with Crippen LogP contribution in [0.2, 0.25) is 0 Å². The van der Waals surface area contributed by atoms with Crippen molar-refractivity contribution in [2.75, 3.05) is 0 Å². The Morgan fingerprint density at radius 3 is 0.850 bits per heavy atom. The van der Waals surface area contributed by atoms with Gasteiger partial charge in [0.05, 0.1) is 0 Å². The Labute approximate surface area is 235 Å². The van der Waals surface area contributed by atoms with E-state index in [-0.39, 0.29) is 13.4 Å². The van der Waals surface area contributed by atoms with Gasteiger partial charge in [0.1, 0.15) is 23.0 Å². The Kier molecular flexibility index (Phi) is 5.38. The van der Waals surface area contributed by atoms with Crippen molar-refractivity contribution in [3.8, 4) is 34.1 Å². The fourth-order valence-electron chi connectivity index (χ4n) is 6.48. The molecule has 186 valence electrons. The van der Waals surface area contributed by atoms with E-state index in [1.165, 1.54) is 43.9 Å². The summed E-state index contributed by atoms with van der Waals surface area (Å²) in [6, 6.07) is 51.4. The summed E-state index contributed by atoms with van der Waals surface area (Å²) >= 11 is 0. The first-order valence-electron chi connectivity index (χ1n) is 13.8. The third-order valence-corrected chi connectivity index (χ3v) is 8.19.